The molecule has 1 aliphatic rings. The Morgan fingerprint density at radius 2 is 2.22 bits per heavy atom. The van der Waals surface area contributed by atoms with Crippen LogP contribution in [-0.4, -0.2) is 48.2 Å². The standard InChI is InChI=1S/C17H20ClN3O2/c1-21-10-13(12-4-3-7-19-9-12)8-14(21)11-23-17-15(18)5-6-16(20-17)22-2/h3-7,9,13-14H,8,10-11H2,1-2H3. The third kappa shape index (κ3) is 3.74. The quantitative estimate of drug-likeness (QED) is 0.841. The summed E-state index contributed by atoms with van der Waals surface area (Å²) in [4.78, 5) is 10.8. The van der Waals surface area contributed by atoms with Crippen LogP contribution in [0.2, 0.25) is 5.02 Å². The van der Waals surface area contributed by atoms with E-state index < -0.39 is 0 Å². The van der Waals surface area contributed by atoms with Crippen LogP contribution in [0, 0.1) is 0 Å². The molecule has 0 bridgehead atoms. The minimum Gasteiger partial charge on any atom is -0.481 e. The molecule has 0 N–H and O–H groups in total. The first-order valence-electron chi connectivity index (χ1n) is 7.61. The van der Waals surface area contributed by atoms with Gasteiger partial charge >= 0.3 is 0 Å². The van der Waals surface area contributed by atoms with E-state index in [0.29, 0.717) is 35.3 Å². The maximum Gasteiger partial charge on any atom is 0.235 e. The van der Waals surface area contributed by atoms with Gasteiger partial charge in [0.2, 0.25) is 11.8 Å². The van der Waals surface area contributed by atoms with E-state index in [2.05, 4.69) is 28.0 Å². The molecule has 0 spiro atoms. The van der Waals surface area contributed by atoms with Gasteiger partial charge in [-0.3, -0.25) is 9.88 Å². The Kier molecular flexibility index (Phi) is 4.98. The van der Waals surface area contributed by atoms with Gasteiger partial charge in [-0.2, -0.15) is 4.98 Å². The Balaban J connectivity index is 1.63. The molecule has 5 nitrogen and oxygen atoms in total. The predicted molar refractivity (Wildman–Crippen MR) is 89.3 cm³/mol. The van der Waals surface area contributed by atoms with Crippen molar-refractivity contribution in [3.05, 3.63) is 47.2 Å². The summed E-state index contributed by atoms with van der Waals surface area (Å²) in [5.41, 5.74) is 1.28. The van der Waals surface area contributed by atoms with E-state index in [1.165, 1.54) is 5.56 Å². The highest BCUT2D eigenvalue weighted by molar-refractivity contribution is 6.31. The molecule has 0 saturated carbocycles. The van der Waals surface area contributed by atoms with Crippen LogP contribution in [0.5, 0.6) is 11.8 Å². The summed E-state index contributed by atoms with van der Waals surface area (Å²) in [6, 6.07) is 7.90. The van der Waals surface area contributed by atoms with Crippen molar-refractivity contribution in [3.8, 4) is 11.8 Å². The van der Waals surface area contributed by atoms with Crippen molar-refractivity contribution in [1.82, 2.24) is 14.9 Å². The molecule has 2 atom stereocenters. The Labute approximate surface area is 141 Å². The minimum atomic E-state index is 0.323. The third-order valence-corrected chi connectivity index (χ3v) is 4.54. The highest BCUT2D eigenvalue weighted by Gasteiger charge is 2.31. The van der Waals surface area contributed by atoms with Crippen LogP contribution < -0.4 is 9.47 Å². The molecule has 1 fully saturated rings. The van der Waals surface area contributed by atoms with Crippen molar-refractivity contribution in [1.29, 1.82) is 0 Å². The number of ether oxygens (including phenoxy) is 2. The number of likely N-dealkylation sites (N-methyl/N-ethyl adjacent to an activating group) is 1. The number of likely N-dealkylation sites (tertiary alicyclic amines) is 1. The maximum absolute atomic E-state index is 6.13. The Morgan fingerprint density at radius 3 is 2.96 bits per heavy atom. The molecule has 3 rings (SSSR count). The van der Waals surface area contributed by atoms with Gasteiger partial charge in [0.25, 0.3) is 0 Å². The molecule has 122 valence electrons. The molecule has 1 saturated heterocycles. The lowest BCUT2D eigenvalue weighted by atomic mass is 9.98. The molecule has 2 unspecified atom stereocenters. The van der Waals surface area contributed by atoms with Gasteiger partial charge in [-0.1, -0.05) is 17.7 Å². The summed E-state index contributed by atoms with van der Waals surface area (Å²) >= 11 is 6.13. The van der Waals surface area contributed by atoms with E-state index in [1.807, 2.05) is 12.3 Å². The molecule has 2 aromatic heterocycles. The van der Waals surface area contributed by atoms with Crippen molar-refractivity contribution in [3.63, 3.8) is 0 Å². The second kappa shape index (κ2) is 7.15. The lowest BCUT2D eigenvalue weighted by Gasteiger charge is -2.19. The number of hydrogen-bond acceptors (Lipinski definition) is 5. The number of hydrogen-bond donors (Lipinski definition) is 0. The van der Waals surface area contributed by atoms with Gasteiger partial charge in [0.1, 0.15) is 11.6 Å². The second-order valence-corrected chi connectivity index (χ2v) is 6.17. The fraction of sp³-hybridized carbons (Fsp3) is 0.412. The molecule has 1 aliphatic heterocycles. The Hall–Kier alpha value is -1.85. The monoisotopic (exact) mass is 333 g/mol. The first-order valence-corrected chi connectivity index (χ1v) is 7.98. The summed E-state index contributed by atoms with van der Waals surface area (Å²) in [7, 11) is 3.69. The van der Waals surface area contributed by atoms with Gasteiger partial charge in [-0.25, -0.2) is 0 Å². The molecular formula is C17H20ClN3O2. The maximum atomic E-state index is 6.13. The molecule has 0 radical (unpaired) electrons. The van der Waals surface area contributed by atoms with Gasteiger partial charge in [-0.05, 0) is 37.1 Å². The van der Waals surface area contributed by atoms with Crippen LogP contribution >= 0.6 is 11.6 Å². The van der Waals surface area contributed by atoms with E-state index in [0.717, 1.165) is 13.0 Å². The smallest absolute Gasteiger partial charge is 0.235 e. The average Bonchev–Trinajstić information content (AvgIpc) is 2.96. The molecule has 0 aliphatic carbocycles. The number of methoxy groups -OCH3 is 1. The van der Waals surface area contributed by atoms with Gasteiger partial charge in [0.05, 0.1) is 7.11 Å². The van der Waals surface area contributed by atoms with Crippen LogP contribution in [0.1, 0.15) is 17.9 Å². The van der Waals surface area contributed by atoms with Crippen LogP contribution in [0.3, 0.4) is 0 Å². The highest BCUT2D eigenvalue weighted by Crippen LogP contribution is 2.31. The Morgan fingerprint density at radius 1 is 1.35 bits per heavy atom. The first kappa shape index (κ1) is 16.0. The SMILES string of the molecule is COc1ccc(Cl)c(OCC2CC(c3cccnc3)CN2C)n1. The fourth-order valence-corrected chi connectivity index (χ4v) is 3.09. The first-order chi connectivity index (χ1) is 11.2. The number of rotatable bonds is 5. The highest BCUT2D eigenvalue weighted by atomic mass is 35.5. The van der Waals surface area contributed by atoms with Gasteiger partial charge < -0.3 is 9.47 Å². The molecule has 6 heteroatoms. The lowest BCUT2D eigenvalue weighted by Crippen LogP contribution is -2.30. The lowest BCUT2D eigenvalue weighted by molar-refractivity contribution is 0.192. The number of aromatic nitrogens is 2. The van der Waals surface area contributed by atoms with Crippen molar-refractivity contribution in [2.75, 3.05) is 27.3 Å². The number of pyridine rings is 2. The molecule has 0 aromatic carbocycles. The van der Waals surface area contributed by atoms with Crippen molar-refractivity contribution in [2.45, 2.75) is 18.4 Å². The second-order valence-electron chi connectivity index (χ2n) is 5.76. The molecule has 3 heterocycles. The zero-order valence-corrected chi connectivity index (χ0v) is 14.0. The normalized spacial score (nSPS) is 21.3. The van der Waals surface area contributed by atoms with E-state index in [9.17, 15) is 0 Å². The summed E-state index contributed by atoms with van der Waals surface area (Å²) < 4.78 is 10.9. The van der Waals surface area contributed by atoms with Crippen molar-refractivity contribution in [2.24, 2.45) is 0 Å². The summed E-state index contributed by atoms with van der Waals surface area (Å²) in [6.07, 6.45) is 4.78. The summed E-state index contributed by atoms with van der Waals surface area (Å²) in [5, 5.41) is 0.496. The number of nitrogens with zero attached hydrogens (tertiary/aromatic N) is 3. The van der Waals surface area contributed by atoms with Crippen LogP contribution in [0.4, 0.5) is 0 Å². The zero-order chi connectivity index (χ0) is 16.2. The molecular weight excluding hydrogens is 314 g/mol. The van der Waals surface area contributed by atoms with E-state index in [1.54, 1.807) is 25.4 Å². The van der Waals surface area contributed by atoms with Crippen molar-refractivity contribution >= 4 is 11.6 Å². The van der Waals surface area contributed by atoms with Crippen LogP contribution in [-0.2, 0) is 0 Å². The molecule has 2 aromatic rings. The molecule has 23 heavy (non-hydrogen) atoms. The van der Waals surface area contributed by atoms with Gasteiger partial charge in [-0.15, -0.1) is 0 Å². The Bertz CT molecular complexity index is 654. The van der Waals surface area contributed by atoms with Crippen LogP contribution in [0.15, 0.2) is 36.7 Å². The largest absolute Gasteiger partial charge is 0.481 e. The van der Waals surface area contributed by atoms with Crippen LogP contribution in [0.25, 0.3) is 0 Å². The van der Waals surface area contributed by atoms with E-state index >= 15 is 0 Å². The van der Waals surface area contributed by atoms with Crippen molar-refractivity contribution < 1.29 is 9.47 Å². The van der Waals surface area contributed by atoms with Gasteiger partial charge in [0, 0.05) is 31.0 Å². The van der Waals surface area contributed by atoms with E-state index in [-0.39, 0.29) is 0 Å². The predicted octanol–water partition coefficient (Wildman–Crippen LogP) is 3.01. The zero-order valence-electron chi connectivity index (χ0n) is 13.3. The fourth-order valence-electron chi connectivity index (χ4n) is 2.93. The summed E-state index contributed by atoms with van der Waals surface area (Å²) in [6.45, 7) is 1.55. The third-order valence-electron chi connectivity index (χ3n) is 4.25. The topological polar surface area (TPSA) is 47.5 Å². The average molecular weight is 334 g/mol. The van der Waals surface area contributed by atoms with Gasteiger partial charge in [0.15, 0.2) is 0 Å². The van der Waals surface area contributed by atoms with E-state index in [4.69, 9.17) is 21.1 Å². The minimum absolute atomic E-state index is 0.323. The molecule has 0 amide bonds. The summed E-state index contributed by atoms with van der Waals surface area (Å²) in [5.74, 6) is 1.40. The number of halogens is 1.